The summed E-state index contributed by atoms with van der Waals surface area (Å²) in [6.45, 7) is 3.31. The molecule has 0 atom stereocenters. The number of likely N-dealkylation sites (tertiary alicyclic amines) is 1. The summed E-state index contributed by atoms with van der Waals surface area (Å²) in [6.07, 6.45) is 4.52. The number of carbonyl (C=O) groups excluding carboxylic acids is 1. The minimum absolute atomic E-state index is 0.0806. The first-order valence-electron chi connectivity index (χ1n) is 6.49. The maximum absolute atomic E-state index is 13.1. The van der Waals surface area contributed by atoms with E-state index in [1.54, 1.807) is 19.1 Å². The van der Waals surface area contributed by atoms with Crippen molar-refractivity contribution in [3.8, 4) is 0 Å². The lowest BCUT2D eigenvalue weighted by Gasteiger charge is -2.20. The van der Waals surface area contributed by atoms with Crippen molar-refractivity contribution in [3.63, 3.8) is 0 Å². The zero-order chi connectivity index (χ0) is 13.0. The van der Waals surface area contributed by atoms with Gasteiger partial charge in [-0.3, -0.25) is 0 Å². The maximum Gasteiger partial charge on any atom is 0.321 e. The van der Waals surface area contributed by atoms with Crippen molar-refractivity contribution in [2.75, 3.05) is 18.4 Å². The molecular weight excluding hydrogens is 231 g/mol. The molecule has 1 aromatic carbocycles. The van der Waals surface area contributed by atoms with Crippen LogP contribution in [-0.2, 0) is 0 Å². The Kier molecular flexibility index (Phi) is 4.18. The molecule has 2 rings (SSSR count). The average Bonchev–Trinajstić information content (AvgIpc) is 2.62. The van der Waals surface area contributed by atoms with Crippen molar-refractivity contribution in [3.05, 3.63) is 29.6 Å². The summed E-state index contributed by atoms with van der Waals surface area (Å²) in [5.41, 5.74) is 1.20. The van der Waals surface area contributed by atoms with Crippen molar-refractivity contribution in [2.45, 2.75) is 32.6 Å². The molecule has 1 aliphatic rings. The fraction of sp³-hybridized carbons (Fsp3) is 0.500. The summed E-state index contributed by atoms with van der Waals surface area (Å²) in [5, 5.41) is 2.83. The van der Waals surface area contributed by atoms with Gasteiger partial charge in [-0.05, 0) is 43.5 Å². The van der Waals surface area contributed by atoms with Crippen molar-refractivity contribution in [1.29, 1.82) is 0 Å². The van der Waals surface area contributed by atoms with Crippen LogP contribution in [0.1, 0.15) is 31.2 Å². The summed E-state index contributed by atoms with van der Waals surface area (Å²) in [4.78, 5) is 13.9. The van der Waals surface area contributed by atoms with E-state index < -0.39 is 0 Å². The van der Waals surface area contributed by atoms with Crippen molar-refractivity contribution < 1.29 is 9.18 Å². The lowest BCUT2D eigenvalue weighted by molar-refractivity contribution is 0.214. The third-order valence-electron chi connectivity index (χ3n) is 3.30. The van der Waals surface area contributed by atoms with Gasteiger partial charge in [-0.1, -0.05) is 12.8 Å². The van der Waals surface area contributed by atoms with Crippen LogP contribution in [0.15, 0.2) is 18.2 Å². The molecule has 18 heavy (non-hydrogen) atoms. The van der Waals surface area contributed by atoms with Crippen LogP contribution in [0.2, 0.25) is 0 Å². The van der Waals surface area contributed by atoms with Crippen LogP contribution in [0, 0.1) is 12.7 Å². The minimum Gasteiger partial charge on any atom is -0.325 e. The highest BCUT2D eigenvalue weighted by atomic mass is 19.1. The standard InChI is InChI=1S/C14H19FN2O/c1-11-10-12(6-7-13(11)15)16-14(18)17-8-4-2-3-5-9-17/h6-7,10H,2-5,8-9H2,1H3,(H,16,18). The average molecular weight is 250 g/mol. The van der Waals surface area contributed by atoms with Gasteiger partial charge in [0.1, 0.15) is 5.82 Å². The number of halogens is 1. The molecule has 1 fully saturated rings. The number of hydrogen-bond donors (Lipinski definition) is 1. The number of benzene rings is 1. The highest BCUT2D eigenvalue weighted by Gasteiger charge is 2.15. The first-order valence-corrected chi connectivity index (χ1v) is 6.49. The molecular formula is C14H19FN2O. The monoisotopic (exact) mass is 250 g/mol. The molecule has 3 nitrogen and oxygen atoms in total. The van der Waals surface area contributed by atoms with Gasteiger partial charge in [0.05, 0.1) is 0 Å². The van der Waals surface area contributed by atoms with E-state index >= 15 is 0 Å². The summed E-state index contributed by atoms with van der Waals surface area (Å²) >= 11 is 0. The van der Waals surface area contributed by atoms with E-state index in [9.17, 15) is 9.18 Å². The van der Waals surface area contributed by atoms with Crippen LogP contribution in [0.25, 0.3) is 0 Å². The second-order valence-corrected chi connectivity index (χ2v) is 4.80. The van der Waals surface area contributed by atoms with Gasteiger partial charge < -0.3 is 10.2 Å². The van der Waals surface area contributed by atoms with Gasteiger partial charge >= 0.3 is 6.03 Å². The lowest BCUT2D eigenvalue weighted by atomic mass is 10.2. The summed E-state index contributed by atoms with van der Waals surface area (Å²) in [7, 11) is 0. The number of amides is 2. The highest BCUT2D eigenvalue weighted by molar-refractivity contribution is 5.89. The fourth-order valence-electron chi connectivity index (χ4n) is 2.20. The van der Waals surface area contributed by atoms with E-state index in [0.29, 0.717) is 11.3 Å². The molecule has 0 aromatic heterocycles. The van der Waals surface area contributed by atoms with Crippen LogP contribution in [0.3, 0.4) is 0 Å². The van der Waals surface area contributed by atoms with E-state index in [1.165, 1.54) is 18.9 Å². The Bertz CT molecular complexity index is 426. The predicted molar refractivity (Wildman–Crippen MR) is 70.2 cm³/mol. The second-order valence-electron chi connectivity index (χ2n) is 4.80. The Morgan fingerprint density at radius 3 is 2.50 bits per heavy atom. The Labute approximate surface area is 107 Å². The topological polar surface area (TPSA) is 32.3 Å². The van der Waals surface area contributed by atoms with Crippen LogP contribution in [0.4, 0.5) is 14.9 Å². The van der Waals surface area contributed by atoms with Crippen LogP contribution in [-0.4, -0.2) is 24.0 Å². The largest absolute Gasteiger partial charge is 0.325 e. The fourth-order valence-corrected chi connectivity index (χ4v) is 2.20. The third-order valence-corrected chi connectivity index (χ3v) is 3.30. The molecule has 0 saturated carbocycles. The molecule has 1 heterocycles. The van der Waals surface area contributed by atoms with Gasteiger partial charge in [0.15, 0.2) is 0 Å². The number of urea groups is 1. The van der Waals surface area contributed by atoms with E-state index in [4.69, 9.17) is 0 Å². The Hall–Kier alpha value is -1.58. The summed E-state index contributed by atoms with van der Waals surface area (Å²) in [6, 6.07) is 4.55. The number of carbonyl (C=O) groups is 1. The molecule has 0 spiro atoms. The van der Waals surface area contributed by atoms with Crippen molar-refractivity contribution >= 4 is 11.7 Å². The third kappa shape index (κ3) is 3.22. The molecule has 0 aliphatic carbocycles. The quantitative estimate of drug-likeness (QED) is 0.812. The zero-order valence-electron chi connectivity index (χ0n) is 10.7. The zero-order valence-corrected chi connectivity index (χ0v) is 10.7. The number of hydrogen-bond acceptors (Lipinski definition) is 1. The SMILES string of the molecule is Cc1cc(NC(=O)N2CCCCCC2)ccc1F. The van der Waals surface area contributed by atoms with Crippen molar-refractivity contribution in [1.82, 2.24) is 4.90 Å². The van der Waals surface area contributed by atoms with Crippen LogP contribution in [0.5, 0.6) is 0 Å². The van der Waals surface area contributed by atoms with E-state index in [1.807, 2.05) is 4.90 Å². The number of nitrogens with one attached hydrogen (secondary N) is 1. The Morgan fingerprint density at radius 2 is 1.89 bits per heavy atom. The molecule has 1 aliphatic heterocycles. The molecule has 0 bridgehead atoms. The highest BCUT2D eigenvalue weighted by Crippen LogP contribution is 2.15. The number of anilines is 1. The van der Waals surface area contributed by atoms with Gasteiger partial charge in [-0.15, -0.1) is 0 Å². The molecule has 1 aromatic rings. The van der Waals surface area contributed by atoms with E-state index in [-0.39, 0.29) is 11.8 Å². The van der Waals surface area contributed by atoms with Gasteiger partial charge in [0.2, 0.25) is 0 Å². The first-order chi connectivity index (χ1) is 8.66. The first kappa shape index (κ1) is 12.9. The smallest absolute Gasteiger partial charge is 0.321 e. The predicted octanol–water partition coefficient (Wildman–Crippen LogP) is 3.54. The molecule has 4 heteroatoms. The minimum atomic E-state index is -0.247. The maximum atomic E-state index is 13.1. The normalized spacial score (nSPS) is 16.2. The molecule has 0 unspecified atom stereocenters. The van der Waals surface area contributed by atoms with E-state index in [2.05, 4.69) is 5.32 Å². The van der Waals surface area contributed by atoms with E-state index in [0.717, 1.165) is 25.9 Å². The number of nitrogens with zero attached hydrogens (tertiary/aromatic N) is 1. The number of aryl methyl sites for hydroxylation is 1. The van der Waals surface area contributed by atoms with Crippen LogP contribution < -0.4 is 5.32 Å². The second kappa shape index (κ2) is 5.85. The molecule has 0 radical (unpaired) electrons. The van der Waals surface area contributed by atoms with Gasteiger partial charge in [0, 0.05) is 18.8 Å². The van der Waals surface area contributed by atoms with Crippen molar-refractivity contribution in [2.24, 2.45) is 0 Å². The summed E-state index contributed by atoms with van der Waals surface area (Å²) < 4.78 is 13.1. The summed E-state index contributed by atoms with van der Waals surface area (Å²) in [5.74, 6) is -0.247. The number of rotatable bonds is 1. The van der Waals surface area contributed by atoms with Gasteiger partial charge in [-0.2, -0.15) is 0 Å². The molecule has 2 amide bonds. The van der Waals surface area contributed by atoms with Gasteiger partial charge in [0.25, 0.3) is 0 Å². The van der Waals surface area contributed by atoms with Gasteiger partial charge in [-0.25, -0.2) is 9.18 Å². The Morgan fingerprint density at radius 1 is 1.22 bits per heavy atom. The molecule has 1 saturated heterocycles. The van der Waals surface area contributed by atoms with Crippen LogP contribution >= 0.6 is 0 Å². The lowest BCUT2D eigenvalue weighted by Crippen LogP contribution is -2.35. The Balaban J connectivity index is 1.99. The molecule has 98 valence electrons. The molecule has 1 N–H and O–H groups in total.